The molecule has 0 unspecified atom stereocenters. The third-order valence-corrected chi connectivity index (χ3v) is 2.31. The summed E-state index contributed by atoms with van der Waals surface area (Å²) >= 11 is 0. The minimum absolute atomic E-state index is 0.208. The minimum atomic E-state index is -0.559. The molecule has 0 aliphatic heterocycles. The maximum atomic E-state index is 11.5. The molecule has 1 atom stereocenters. The number of rotatable bonds is 7. The molecule has 0 spiro atoms. The van der Waals surface area contributed by atoms with E-state index in [1.54, 1.807) is 0 Å². The molecule has 0 bridgehead atoms. The number of carbonyl (C=O) groups is 2. The van der Waals surface area contributed by atoms with E-state index in [4.69, 9.17) is 4.74 Å². The van der Waals surface area contributed by atoms with Gasteiger partial charge in [0.25, 0.3) is 0 Å². The van der Waals surface area contributed by atoms with Gasteiger partial charge in [0.15, 0.2) is 0 Å². The molecular formula is C14H23NO3. The number of hydrogen-bond donors (Lipinski definition) is 1. The molecule has 0 aliphatic carbocycles. The second-order valence-corrected chi connectivity index (χ2v) is 4.46. The van der Waals surface area contributed by atoms with Crippen LogP contribution in [0, 0.1) is 5.92 Å². The molecule has 0 fully saturated rings. The van der Waals surface area contributed by atoms with E-state index in [9.17, 15) is 9.59 Å². The Bertz CT molecular complexity index is 319. The minimum Gasteiger partial charge on any atom is -0.445 e. The molecule has 0 aromatic carbocycles. The van der Waals surface area contributed by atoms with Crippen molar-refractivity contribution in [2.75, 3.05) is 6.61 Å². The van der Waals surface area contributed by atoms with Gasteiger partial charge in [0.2, 0.25) is 0 Å². The first-order valence-electron chi connectivity index (χ1n) is 6.19. The number of allylic oxidation sites excluding steroid dienone is 2. The van der Waals surface area contributed by atoms with Crippen molar-refractivity contribution in [2.45, 2.75) is 40.2 Å². The van der Waals surface area contributed by atoms with Gasteiger partial charge in [0, 0.05) is 0 Å². The fraction of sp³-hybridized carbons (Fsp3) is 0.571. The van der Waals surface area contributed by atoms with Gasteiger partial charge in [-0.15, -0.1) is 0 Å². The maximum absolute atomic E-state index is 11.5. The molecule has 0 rings (SSSR count). The van der Waals surface area contributed by atoms with Crippen LogP contribution >= 0.6 is 0 Å². The lowest BCUT2D eigenvalue weighted by atomic mass is 10.1. The van der Waals surface area contributed by atoms with Crippen LogP contribution in [0.4, 0.5) is 4.79 Å². The Morgan fingerprint density at radius 1 is 1.33 bits per heavy atom. The summed E-state index contributed by atoms with van der Waals surface area (Å²) < 4.78 is 5.03. The Kier molecular flexibility index (Phi) is 8.62. The number of nitrogens with one attached hydrogen (secondary N) is 1. The third kappa shape index (κ3) is 7.65. The standard InChI is InChI=1S/C14H23NO3/c1-5-7-12(6-2)10-18-14(17)15-13(9-16)8-11(3)4/h5-7,9,11,13H,8,10H2,1-4H3,(H,15,17)/b7-5-,12-6+/t13-/m0/s1. The second kappa shape index (κ2) is 9.45. The van der Waals surface area contributed by atoms with Gasteiger partial charge in [-0.05, 0) is 31.8 Å². The van der Waals surface area contributed by atoms with Crippen molar-refractivity contribution in [2.24, 2.45) is 5.92 Å². The van der Waals surface area contributed by atoms with Gasteiger partial charge in [0.05, 0.1) is 6.04 Å². The Morgan fingerprint density at radius 2 is 2.00 bits per heavy atom. The molecule has 0 aliphatic rings. The molecule has 4 nitrogen and oxygen atoms in total. The average Bonchev–Trinajstić information content (AvgIpc) is 2.32. The van der Waals surface area contributed by atoms with Crippen LogP contribution in [0.15, 0.2) is 23.8 Å². The third-order valence-electron chi connectivity index (χ3n) is 2.31. The lowest BCUT2D eigenvalue weighted by Crippen LogP contribution is -2.37. The van der Waals surface area contributed by atoms with E-state index in [2.05, 4.69) is 5.32 Å². The molecule has 18 heavy (non-hydrogen) atoms. The topological polar surface area (TPSA) is 55.4 Å². The summed E-state index contributed by atoms with van der Waals surface area (Å²) in [6.07, 6.45) is 6.42. The molecule has 102 valence electrons. The Labute approximate surface area is 109 Å². The van der Waals surface area contributed by atoms with Gasteiger partial charge >= 0.3 is 6.09 Å². The lowest BCUT2D eigenvalue weighted by Gasteiger charge is -2.14. The Hall–Kier alpha value is -1.58. The second-order valence-electron chi connectivity index (χ2n) is 4.46. The summed E-state index contributed by atoms with van der Waals surface area (Å²) in [5, 5.41) is 2.54. The van der Waals surface area contributed by atoms with E-state index in [0.29, 0.717) is 12.3 Å². The van der Waals surface area contributed by atoms with Crippen molar-refractivity contribution in [3.8, 4) is 0 Å². The first kappa shape index (κ1) is 16.4. The summed E-state index contributed by atoms with van der Waals surface area (Å²) in [4.78, 5) is 22.3. The molecule has 0 saturated heterocycles. The van der Waals surface area contributed by atoms with Gasteiger partial charge in [-0.25, -0.2) is 4.79 Å². The van der Waals surface area contributed by atoms with Crippen LogP contribution in [-0.4, -0.2) is 25.0 Å². The van der Waals surface area contributed by atoms with Gasteiger partial charge in [-0.1, -0.05) is 32.1 Å². The average molecular weight is 253 g/mol. The van der Waals surface area contributed by atoms with Crippen LogP contribution in [0.1, 0.15) is 34.1 Å². The zero-order valence-electron chi connectivity index (χ0n) is 11.6. The zero-order valence-corrected chi connectivity index (χ0v) is 11.6. The number of alkyl carbamates (subject to hydrolysis) is 1. The smallest absolute Gasteiger partial charge is 0.408 e. The number of aldehydes is 1. The summed E-state index contributed by atoms with van der Waals surface area (Å²) in [5.74, 6) is 0.342. The summed E-state index contributed by atoms with van der Waals surface area (Å²) in [5.41, 5.74) is 0.916. The highest BCUT2D eigenvalue weighted by atomic mass is 16.5. The van der Waals surface area contributed by atoms with E-state index >= 15 is 0 Å². The van der Waals surface area contributed by atoms with Crippen molar-refractivity contribution in [3.63, 3.8) is 0 Å². The molecule has 0 saturated carbocycles. The predicted octanol–water partition coefficient (Wildman–Crippen LogP) is 2.85. The number of carbonyl (C=O) groups excluding carboxylic acids is 2. The molecule has 0 aromatic heterocycles. The van der Waals surface area contributed by atoms with Crippen molar-refractivity contribution < 1.29 is 14.3 Å². The van der Waals surface area contributed by atoms with Gasteiger partial charge in [-0.3, -0.25) is 0 Å². The zero-order chi connectivity index (χ0) is 14.0. The number of ether oxygens (including phenoxy) is 1. The molecular weight excluding hydrogens is 230 g/mol. The molecule has 4 heteroatoms. The van der Waals surface area contributed by atoms with Crippen LogP contribution in [0.25, 0.3) is 0 Å². The maximum Gasteiger partial charge on any atom is 0.408 e. The lowest BCUT2D eigenvalue weighted by molar-refractivity contribution is -0.109. The largest absolute Gasteiger partial charge is 0.445 e. The monoisotopic (exact) mass is 253 g/mol. The van der Waals surface area contributed by atoms with E-state index < -0.39 is 12.1 Å². The molecule has 1 N–H and O–H groups in total. The molecule has 0 heterocycles. The van der Waals surface area contributed by atoms with E-state index in [1.165, 1.54) is 0 Å². The fourth-order valence-electron chi connectivity index (χ4n) is 1.44. The highest BCUT2D eigenvalue weighted by Gasteiger charge is 2.13. The quantitative estimate of drug-likeness (QED) is 0.560. The first-order valence-corrected chi connectivity index (χ1v) is 6.19. The highest BCUT2D eigenvalue weighted by molar-refractivity contribution is 5.73. The van der Waals surface area contributed by atoms with E-state index in [1.807, 2.05) is 45.9 Å². The van der Waals surface area contributed by atoms with Crippen LogP contribution < -0.4 is 5.32 Å². The fourth-order valence-corrected chi connectivity index (χ4v) is 1.44. The normalized spacial score (nSPS) is 13.7. The van der Waals surface area contributed by atoms with Crippen molar-refractivity contribution in [1.29, 1.82) is 0 Å². The van der Waals surface area contributed by atoms with Gasteiger partial charge in [-0.2, -0.15) is 0 Å². The molecule has 0 radical (unpaired) electrons. The summed E-state index contributed by atoms with van der Waals surface area (Å²) in [6.45, 7) is 7.97. The summed E-state index contributed by atoms with van der Waals surface area (Å²) in [7, 11) is 0. The van der Waals surface area contributed by atoms with Crippen LogP contribution in [0.5, 0.6) is 0 Å². The summed E-state index contributed by atoms with van der Waals surface area (Å²) in [6, 6.07) is -0.478. The molecule has 0 aromatic rings. The van der Waals surface area contributed by atoms with Crippen LogP contribution in [0.2, 0.25) is 0 Å². The van der Waals surface area contributed by atoms with Crippen molar-refractivity contribution in [3.05, 3.63) is 23.8 Å². The van der Waals surface area contributed by atoms with Gasteiger partial charge in [0.1, 0.15) is 12.9 Å². The van der Waals surface area contributed by atoms with E-state index in [-0.39, 0.29) is 6.61 Å². The van der Waals surface area contributed by atoms with Crippen LogP contribution in [0.3, 0.4) is 0 Å². The van der Waals surface area contributed by atoms with E-state index in [0.717, 1.165) is 11.9 Å². The first-order chi connectivity index (χ1) is 8.53. The number of amides is 1. The molecule has 1 amide bonds. The van der Waals surface area contributed by atoms with Gasteiger partial charge < -0.3 is 14.8 Å². The Morgan fingerprint density at radius 3 is 2.44 bits per heavy atom. The SMILES string of the molecule is C/C=C\C(=C/C)COC(=O)N[C@H](C=O)CC(C)C. The Balaban J connectivity index is 4.13. The van der Waals surface area contributed by atoms with Crippen molar-refractivity contribution in [1.82, 2.24) is 5.32 Å². The highest BCUT2D eigenvalue weighted by Crippen LogP contribution is 2.03. The predicted molar refractivity (Wildman–Crippen MR) is 72.4 cm³/mol. The number of hydrogen-bond acceptors (Lipinski definition) is 3. The van der Waals surface area contributed by atoms with Crippen molar-refractivity contribution >= 4 is 12.4 Å². The van der Waals surface area contributed by atoms with Crippen LogP contribution in [-0.2, 0) is 9.53 Å².